The van der Waals surface area contributed by atoms with Gasteiger partial charge in [-0.15, -0.1) is 0 Å². The maximum absolute atomic E-state index is 13.0. The minimum Gasteiger partial charge on any atom is -0.387 e. The van der Waals surface area contributed by atoms with Crippen molar-refractivity contribution in [2.45, 2.75) is 30.2 Å². The third-order valence-corrected chi connectivity index (χ3v) is 2.14. The molecule has 1 aliphatic carbocycles. The standard InChI is InChI=1S/C5H8FNO3/c6-5-1(8)3(5)10-4(7)2(5)9/h1-4,8-9H,7H2/t1?,2-,3+,4+,5-/m0/s1. The van der Waals surface area contributed by atoms with Gasteiger partial charge in [-0.2, -0.15) is 0 Å². The second kappa shape index (κ2) is 1.50. The molecule has 0 amide bonds. The molecule has 1 heterocycles. The fourth-order valence-corrected chi connectivity index (χ4v) is 1.35. The highest BCUT2D eigenvalue weighted by atomic mass is 19.1. The van der Waals surface area contributed by atoms with Crippen molar-refractivity contribution < 1.29 is 19.3 Å². The first-order valence-electron chi connectivity index (χ1n) is 3.04. The Balaban J connectivity index is 2.20. The van der Waals surface area contributed by atoms with Crippen LogP contribution in [0.2, 0.25) is 0 Å². The van der Waals surface area contributed by atoms with Crippen LogP contribution in [0, 0.1) is 0 Å². The van der Waals surface area contributed by atoms with Crippen molar-refractivity contribution in [1.82, 2.24) is 0 Å². The van der Waals surface area contributed by atoms with Gasteiger partial charge in [0.15, 0.2) is 5.67 Å². The minimum absolute atomic E-state index is 0.905. The van der Waals surface area contributed by atoms with Gasteiger partial charge in [0.1, 0.15) is 24.5 Å². The molecular formula is C5H8FNO3. The fourth-order valence-electron chi connectivity index (χ4n) is 1.35. The molecule has 5 heteroatoms. The van der Waals surface area contributed by atoms with E-state index in [2.05, 4.69) is 4.74 Å². The summed E-state index contributed by atoms with van der Waals surface area (Å²) in [4.78, 5) is 0. The first kappa shape index (κ1) is 6.48. The molecule has 5 atom stereocenters. The number of nitrogens with two attached hydrogens (primary N) is 1. The Morgan fingerprint density at radius 1 is 1.40 bits per heavy atom. The first-order valence-corrected chi connectivity index (χ1v) is 3.04. The lowest BCUT2D eigenvalue weighted by Crippen LogP contribution is -2.41. The van der Waals surface area contributed by atoms with Crippen molar-refractivity contribution in [3.05, 3.63) is 0 Å². The summed E-state index contributed by atoms with van der Waals surface area (Å²) in [6.45, 7) is 0. The molecule has 4 N–H and O–H groups in total. The number of alkyl halides is 1. The summed E-state index contributed by atoms with van der Waals surface area (Å²) in [6.07, 6.45) is -4.47. The molecule has 0 spiro atoms. The zero-order chi connectivity index (χ0) is 7.52. The van der Waals surface area contributed by atoms with Crippen LogP contribution in [0.5, 0.6) is 0 Å². The maximum Gasteiger partial charge on any atom is 0.197 e. The van der Waals surface area contributed by atoms with E-state index >= 15 is 0 Å². The molecule has 0 aromatic carbocycles. The Morgan fingerprint density at radius 3 is 2.30 bits per heavy atom. The van der Waals surface area contributed by atoms with Gasteiger partial charge in [0.2, 0.25) is 0 Å². The number of hydrogen-bond donors (Lipinski definition) is 3. The van der Waals surface area contributed by atoms with Crippen LogP contribution in [0.4, 0.5) is 4.39 Å². The molecule has 0 aromatic rings. The molecule has 4 nitrogen and oxygen atoms in total. The predicted octanol–water partition coefficient (Wildman–Crippen LogP) is -1.89. The van der Waals surface area contributed by atoms with Gasteiger partial charge in [0.25, 0.3) is 0 Å². The van der Waals surface area contributed by atoms with Crippen LogP contribution in [0.15, 0.2) is 0 Å². The van der Waals surface area contributed by atoms with Crippen LogP contribution in [0.1, 0.15) is 0 Å². The molecule has 0 radical (unpaired) electrons. The third kappa shape index (κ3) is 0.462. The molecule has 58 valence electrons. The van der Waals surface area contributed by atoms with Gasteiger partial charge >= 0.3 is 0 Å². The van der Waals surface area contributed by atoms with Crippen molar-refractivity contribution in [2.75, 3.05) is 0 Å². The number of rotatable bonds is 0. The van der Waals surface area contributed by atoms with E-state index in [9.17, 15) is 4.39 Å². The van der Waals surface area contributed by atoms with Crippen LogP contribution in [-0.2, 0) is 4.74 Å². The quantitative estimate of drug-likeness (QED) is 0.376. The zero-order valence-corrected chi connectivity index (χ0v) is 5.07. The number of halogens is 1. The smallest absolute Gasteiger partial charge is 0.197 e. The monoisotopic (exact) mass is 149 g/mol. The maximum atomic E-state index is 13.0. The number of ether oxygens (including phenoxy) is 1. The van der Waals surface area contributed by atoms with E-state index < -0.39 is 30.2 Å². The molecule has 1 saturated heterocycles. The van der Waals surface area contributed by atoms with Crippen LogP contribution < -0.4 is 5.73 Å². The second-order valence-electron chi connectivity index (χ2n) is 2.74. The Hall–Kier alpha value is -0.230. The highest BCUT2D eigenvalue weighted by Gasteiger charge is 2.77. The highest BCUT2D eigenvalue weighted by Crippen LogP contribution is 2.52. The largest absolute Gasteiger partial charge is 0.387 e. The molecule has 0 bridgehead atoms. The summed E-state index contributed by atoms with van der Waals surface area (Å²) in [7, 11) is 0. The fraction of sp³-hybridized carbons (Fsp3) is 1.00. The van der Waals surface area contributed by atoms with E-state index in [0.717, 1.165) is 0 Å². The summed E-state index contributed by atoms with van der Waals surface area (Å²) in [5.74, 6) is 0. The normalized spacial score (nSPS) is 66.0. The molecule has 1 unspecified atom stereocenters. The summed E-state index contributed by atoms with van der Waals surface area (Å²) in [5.41, 5.74) is 3.14. The Labute approximate surface area is 56.4 Å². The average Bonchev–Trinajstić information content (AvgIpc) is 2.29. The lowest BCUT2D eigenvalue weighted by Gasteiger charge is -2.14. The van der Waals surface area contributed by atoms with Gasteiger partial charge in [-0.1, -0.05) is 0 Å². The van der Waals surface area contributed by atoms with Crippen molar-refractivity contribution >= 4 is 0 Å². The lowest BCUT2D eigenvalue weighted by molar-refractivity contribution is -0.0426. The van der Waals surface area contributed by atoms with E-state index in [-0.39, 0.29) is 0 Å². The molecule has 2 aliphatic rings. The summed E-state index contributed by atoms with van der Waals surface area (Å²) >= 11 is 0. The van der Waals surface area contributed by atoms with E-state index in [1.54, 1.807) is 0 Å². The van der Waals surface area contributed by atoms with E-state index in [0.29, 0.717) is 0 Å². The van der Waals surface area contributed by atoms with Gasteiger partial charge in [-0.05, 0) is 0 Å². The van der Waals surface area contributed by atoms with Crippen molar-refractivity contribution in [1.29, 1.82) is 0 Å². The number of aliphatic hydroxyl groups is 2. The predicted molar refractivity (Wildman–Crippen MR) is 28.7 cm³/mol. The summed E-state index contributed by atoms with van der Waals surface area (Å²) < 4.78 is 17.7. The second-order valence-corrected chi connectivity index (χ2v) is 2.74. The van der Waals surface area contributed by atoms with Gasteiger partial charge in [-0.25, -0.2) is 4.39 Å². The molecule has 2 fully saturated rings. The third-order valence-electron chi connectivity index (χ3n) is 2.14. The Kier molecular flexibility index (Phi) is 0.974. The van der Waals surface area contributed by atoms with Crippen LogP contribution in [-0.4, -0.2) is 40.4 Å². The minimum atomic E-state index is -1.99. The van der Waals surface area contributed by atoms with Crippen LogP contribution >= 0.6 is 0 Å². The molecule has 2 rings (SSSR count). The summed E-state index contributed by atoms with van der Waals surface area (Å²) in [6, 6.07) is 0. The van der Waals surface area contributed by atoms with Crippen molar-refractivity contribution in [3.8, 4) is 0 Å². The van der Waals surface area contributed by atoms with Gasteiger partial charge in [0.05, 0.1) is 0 Å². The molecule has 1 saturated carbocycles. The number of hydrogen-bond acceptors (Lipinski definition) is 4. The van der Waals surface area contributed by atoms with Crippen LogP contribution in [0.25, 0.3) is 0 Å². The topological polar surface area (TPSA) is 75.7 Å². The highest BCUT2D eigenvalue weighted by molar-refractivity contribution is 5.25. The summed E-state index contributed by atoms with van der Waals surface area (Å²) in [5, 5.41) is 17.7. The lowest BCUT2D eigenvalue weighted by atomic mass is 10.2. The van der Waals surface area contributed by atoms with Gasteiger partial charge in [0, 0.05) is 0 Å². The zero-order valence-electron chi connectivity index (χ0n) is 5.07. The first-order chi connectivity index (χ1) is 4.58. The van der Waals surface area contributed by atoms with E-state index in [4.69, 9.17) is 15.9 Å². The average molecular weight is 149 g/mol. The van der Waals surface area contributed by atoms with E-state index in [1.165, 1.54) is 0 Å². The molecule has 0 aromatic heterocycles. The number of fused-ring (bicyclic) bond motifs is 1. The van der Waals surface area contributed by atoms with E-state index in [1.807, 2.05) is 0 Å². The van der Waals surface area contributed by atoms with Gasteiger partial charge in [-0.3, -0.25) is 0 Å². The molecular weight excluding hydrogens is 141 g/mol. The Bertz CT molecular complexity index is 178. The van der Waals surface area contributed by atoms with Crippen molar-refractivity contribution in [2.24, 2.45) is 5.73 Å². The number of aliphatic hydroxyl groups excluding tert-OH is 2. The van der Waals surface area contributed by atoms with Crippen LogP contribution in [0.3, 0.4) is 0 Å². The Morgan fingerprint density at radius 2 is 2.00 bits per heavy atom. The molecule has 1 aliphatic heterocycles. The SMILES string of the molecule is N[C@@H]1O[C@@H]2C(O)[C@]2(F)[C@H]1O. The molecule has 10 heavy (non-hydrogen) atoms. The van der Waals surface area contributed by atoms with Gasteiger partial charge < -0.3 is 20.7 Å². The van der Waals surface area contributed by atoms with Crippen molar-refractivity contribution in [3.63, 3.8) is 0 Å².